The van der Waals surface area contributed by atoms with E-state index in [0.29, 0.717) is 30.3 Å². The number of hydrogen-bond donors (Lipinski definition) is 2. The maximum absolute atomic E-state index is 12.3. The summed E-state index contributed by atoms with van der Waals surface area (Å²) in [5.74, 6) is 2.26. The van der Waals surface area contributed by atoms with Gasteiger partial charge in [0.05, 0.1) is 0 Å². The van der Waals surface area contributed by atoms with E-state index >= 15 is 0 Å². The highest BCUT2D eigenvalue weighted by Crippen LogP contribution is 2.39. The quantitative estimate of drug-likeness (QED) is 0.820. The van der Waals surface area contributed by atoms with E-state index in [1.807, 2.05) is 18.2 Å². The third-order valence-electron chi connectivity index (χ3n) is 5.05. The molecule has 0 heterocycles. The first-order valence-corrected chi connectivity index (χ1v) is 9.43. The van der Waals surface area contributed by atoms with E-state index in [0.717, 1.165) is 18.6 Å². The van der Waals surface area contributed by atoms with E-state index in [4.69, 9.17) is 5.73 Å². The molecule has 1 amide bonds. The predicted molar refractivity (Wildman–Crippen MR) is 91.8 cm³/mol. The van der Waals surface area contributed by atoms with Crippen LogP contribution in [0.15, 0.2) is 35.2 Å². The van der Waals surface area contributed by atoms with Crippen molar-refractivity contribution >= 4 is 17.7 Å². The lowest BCUT2D eigenvalue weighted by Gasteiger charge is -2.45. The molecule has 1 aromatic rings. The molecule has 2 atom stereocenters. The highest BCUT2D eigenvalue weighted by Gasteiger charge is 2.39. The number of nitrogens with one attached hydrogen (secondary N) is 1. The summed E-state index contributed by atoms with van der Waals surface area (Å²) in [4.78, 5) is 13.5. The van der Waals surface area contributed by atoms with Crippen molar-refractivity contribution in [2.75, 3.05) is 5.75 Å². The van der Waals surface area contributed by atoms with E-state index in [1.165, 1.54) is 24.2 Å². The minimum atomic E-state index is 0.209. The van der Waals surface area contributed by atoms with Gasteiger partial charge in [-0.1, -0.05) is 24.6 Å². The van der Waals surface area contributed by atoms with Gasteiger partial charge in [-0.3, -0.25) is 4.79 Å². The number of nitrogens with two attached hydrogens (primary N) is 1. The average molecular weight is 318 g/mol. The van der Waals surface area contributed by atoms with Gasteiger partial charge in [0.1, 0.15) is 0 Å². The number of carbonyl (C=O) groups is 1. The molecule has 2 saturated carbocycles. The molecular formula is C18H26N2OS. The Hall–Kier alpha value is -1.00. The highest BCUT2D eigenvalue weighted by atomic mass is 32.2. The van der Waals surface area contributed by atoms with Crippen LogP contribution in [0.4, 0.5) is 0 Å². The third kappa shape index (κ3) is 4.05. The van der Waals surface area contributed by atoms with E-state index < -0.39 is 0 Å². The van der Waals surface area contributed by atoms with Gasteiger partial charge < -0.3 is 11.1 Å². The minimum absolute atomic E-state index is 0.209. The SMILES string of the molecule is NC1CC2CCCC(C1)C2NC(=O)CCSc1ccccc1. The van der Waals surface area contributed by atoms with Crippen molar-refractivity contribution in [3.05, 3.63) is 30.3 Å². The molecule has 3 rings (SSSR count). The number of hydrogen-bond acceptors (Lipinski definition) is 3. The van der Waals surface area contributed by atoms with Gasteiger partial charge in [0, 0.05) is 29.2 Å². The first kappa shape index (κ1) is 15.9. The second-order valence-corrected chi connectivity index (χ2v) is 7.86. The lowest BCUT2D eigenvalue weighted by atomic mass is 9.67. The van der Waals surface area contributed by atoms with Gasteiger partial charge in [-0.2, -0.15) is 0 Å². The summed E-state index contributed by atoms with van der Waals surface area (Å²) in [7, 11) is 0. The second-order valence-electron chi connectivity index (χ2n) is 6.69. The van der Waals surface area contributed by atoms with Crippen molar-refractivity contribution in [2.45, 2.75) is 55.5 Å². The number of carbonyl (C=O) groups excluding carboxylic acids is 1. The lowest BCUT2D eigenvalue weighted by Crippen LogP contribution is -2.53. The Morgan fingerprint density at radius 2 is 1.86 bits per heavy atom. The van der Waals surface area contributed by atoms with Crippen LogP contribution >= 0.6 is 11.8 Å². The summed E-state index contributed by atoms with van der Waals surface area (Å²) >= 11 is 1.75. The molecule has 22 heavy (non-hydrogen) atoms. The van der Waals surface area contributed by atoms with Crippen LogP contribution in [-0.2, 0) is 4.79 Å². The van der Waals surface area contributed by atoms with Crippen LogP contribution in [0.1, 0.15) is 38.5 Å². The molecule has 4 heteroatoms. The van der Waals surface area contributed by atoms with Gasteiger partial charge in [0.15, 0.2) is 0 Å². The number of amides is 1. The Morgan fingerprint density at radius 3 is 2.55 bits per heavy atom. The maximum atomic E-state index is 12.3. The van der Waals surface area contributed by atoms with Crippen molar-refractivity contribution < 1.29 is 4.79 Å². The number of thioether (sulfide) groups is 1. The second kappa shape index (κ2) is 7.51. The zero-order valence-electron chi connectivity index (χ0n) is 13.0. The fourth-order valence-corrected chi connectivity index (χ4v) is 4.93. The van der Waals surface area contributed by atoms with Crippen molar-refractivity contribution in [3.8, 4) is 0 Å². The van der Waals surface area contributed by atoms with Gasteiger partial charge in [-0.15, -0.1) is 11.8 Å². The molecule has 2 bridgehead atoms. The van der Waals surface area contributed by atoms with Gasteiger partial charge in [0.25, 0.3) is 0 Å². The predicted octanol–water partition coefficient (Wildman–Crippen LogP) is 3.19. The van der Waals surface area contributed by atoms with Crippen LogP contribution in [0.2, 0.25) is 0 Å². The third-order valence-corrected chi connectivity index (χ3v) is 6.06. The summed E-state index contributed by atoms with van der Waals surface area (Å²) < 4.78 is 0. The molecule has 1 aromatic carbocycles. The topological polar surface area (TPSA) is 55.1 Å². The Morgan fingerprint density at radius 1 is 1.18 bits per heavy atom. The number of fused-ring (bicyclic) bond motifs is 2. The summed E-state index contributed by atoms with van der Waals surface area (Å²) in [5.41, 5.74) is 6.15. The minimum Gasteiger partial charge on any atom is -0.353 e. The highest BCUT2D eigenvalue weighted by molar-refractivity contribution is 7.99. The fourth-order valence-electron chi connectivity index (χ4n) is 4.06. The molecule has 2 fully saturated rings. The van der Waals surface area contributed by atoms with Crippen LogP contribution in [-0.4, -0.2) is 23.7 Å². The smallest absolute Gasteiger partial charge is 0.221 e. The first-order valence-electron chi connectivity index (χ1n) is 8.45. The fraction of sp³-hybridized carbons (Fsp3) is 0.611. The molecule has 2 aliphatic carbocycles. The van der Waals surface area contributed by atoms with E-state index in [-0.39, 0.29) is 5.91 Å². The normalized spacial score (nSPS) is 30.8. The Kier molecular flexibility index (Phi) is 5.42. The van der Waals surface area contributed by atoms with E-state index in [9.17, 15) is 4.79 Å². The monoisotopic (exact) mass is 318 g/mol. The van der Waals surface area contributed by atoms with Crippen molar-refractivity contribution in [1.82, 2.24) is 5.32 Å². The average Bonchev–Trinajstić information content (AvgIpc) is 2.49. The van der Waals surface area contributed by atoms with Crippen LogP contribution < -0.4 is 11.1 Å². The summed E-state index contributed by atoms with van der Waals surface area (Å²) in [5, 5.41) is 3.32. The molecule has 2 aliphatic rings. The maximum Gasteiger partial charge on any atom is 0.221 e. The number of rotatable bonds is 5. The Balaban J connectivity index is 1.45. The zero-order chi connectivity index (χ0) is 15.4. The molecule has 0 spiro atoms. The first-order chi connectivity index (χ1) is 10.7. The Bertz CT molecular complexity index is 479. The molecule has 0 aromatic heterocycles. The summed E-state index contributed by atoms with van der Waals surface area (Å²) in [6, 6.07) is 11.0. The van der Waals surface area contributed by atoms with E-state index in [2.05, 4.69) is 17.4 Å². The molecule has 0 radical (unpaired) electrons. The van der Waals surface area contributed by atoms with Crippen molar-refractivity contribution in [1.29, 1.82) is 0 Å². The molecule has 3 nitrogen and oxygen atoms in total. The van der Waals surface area contributed by atoms with E-state index in [1.54, 1.807) is 11.8 Å². The number of benzene rings is 1. The van der Waals surface area contributed by atoms with Crippen LogP contribution in [0, 0.1) is 11.8 Å². The summed E-state index contributed by atoms with van der Waals surface area (Å²) in [6.45, 7) is 0. The van der Waals surface area contributed by atoms with Crippen LogP contribution in [0.5, 0.6) is 0 Å². The molecule has 120 valence electrons. The zero-order valence-corrected chi connectivity index (χ0v) is 13.9. The van der Waals surface area contributed by atoms with Crippen LogP contribution in [0.25, 0.3) is 0 Å². The van der Waals surface area contributed by atoms with Gasteiger partial charge in [-0.05, 0) is 49.7 Å². The molecule has 2 unspecified atom stereocenters. The molecule has 0 aliphatic heterocycles. The lowest BCUT2D eigenvalue weighted by molar-refractivity contribution is -0.123. The largest absolute Gasteiger partial charge is 0.353 e. The molecular weight excluding hydrogens is 292 g/mol. The van der Waals surface area contributed by atoms with Crippen molar-refractivity contribution in [2.24, 2.45) is 17.6 Å². The summed E-state index contributed by atoms with van der Waals surface area (Å²) in [6.07, 6.45) is 6.53. The van der Waals surface area contributed by atoms with Gasteiger partial charge >= 0.3 is 0 Å². The molecule has 3 N–H and O–H groups in total. The molecule has 0 saturated heterocycles. The van der Waals surface area contributed by atoms with Crippen LogP contribution in [0.3, 0.4) is 0 Å². The van der Waals surface area contributed by atoms with Gasteiger partial charge in [0.2, 0.25) is 5.91 Å². The van der Waals surface area contributed by atoms with Crippen molar-refractivity contribution in [3.63, 3.8) is 0 Å². The Labute approximate surface area is 137 Å². The van der Waals surface area contributed by atoms with Gasteiger partial charge in [-0.25, -0.2) is 0 Å². The standard InChI is InChI=1S/C18H26N2OS/c19-15-11-13-5-4-6-14(12-15)18(13)20-17(21)9-10-22-16-7-2-1-3-8-16/h1-3,7-8,13-15,18H,4-6,9-12,19H2,(H,20,21).